The lowest BCUT2D eigenvalue weighted by Crippen LogP contribution is -1.86. The Morgan fingerprint density at radius 1 is 0.536 bits per heavy atom. The molecule has 0 radical (unpaired) electrons. The van der Waals surface area contributed by atoms with Crippen molar-refractivity contribution in [3.8, 4) is 22.3 Å². The molecule has 0 saturated heterocycles. The fourth-order valence-electron chi connectivity index (χ4n) is 3.82. The van der Waals surface area contributed by atoms with Crippen LogP contribution in [-0.2, 0) is 0 Å². The van der Waals surface area contributed by atoms with Gasteiger partial charge in [0.05, 0.1) is 0 Å². The topological polar surface area (TPSA) is 13.1 Å². The molecule has 0 N–H and O–H groups in total. The number of fused-ring (bicyclic) bond motifs is 3. The summed E-state index contributed by atoms with van der Waals surface area (Å²) in [7, 11) is 0. The smallest absolute Gasteiger partial charge is 0.136 e. The van der Waals surface area contributed by atoms with Crippen LogP contribution in [0.2, 0.25) is 0 Å². The normalized spacial score (nSPS) is 11.5. The zero-order valence-electron chi connectivity index (χ0n) is 16.1. The van der Waals surface area contributed by atoms with Gasteiger partial charge in [0.2, 0.25) is 0 Å². The van der Waals surface area contributed by atoms with Gasteiger partial charge in [-0.2, -0.15) is 0 Å². The van der Waals surface area contributed by atoms with E-state index in [0.717, 1.165) is 11.2 Å². The molecule has 0 atom stereocenters. The van der Waals surface area contributed by atoms with E-state index in [1.165, 1.54) is 38.6 Å². The van der Waals surface area contributed by atoms with Gasteiger partial charge in [0.1, 0.15) is 11.2 Å². The molecule has 0 unspecified atom stereocenters. The summed E-state index contributed by atoms with van der Waals surface area (Å²) in [4.78, 5) is 0. The molecule has 0 aliphatic carbocycles. The number of furan rings is 1. The van der Waals surface area contributed by atoms with Gasteiger partial charge in [0, 0.05) is 10.8 Å². The Hall–Kier alpha value is -3.32. The monoisotopic (exact) mass is 362 g/mol. The van der Waals surface area contributed by atoms with E-state index in [1.807, 2.05) is 12.1 Å². The number of hydrogen-bond donors (Lipinski definition) is 0. The fraction of sp³-hybridized carbons (Fsp3) is 0.111. The molecule has 0 aliphatic heterocycles. The molecule has 1 heteroatoms. The van der Waals surface area contributed by atoms with Crippen LogP contribution in [0.1, 0.15) is 25.3 Å². The second-order valence-electron chi connectivity index (χ2n) is 7.66. The summed E-state index contributed by atoms with van der Waals surface area (Å²) in [5.74, 6) is 0.560. The maximum atomic E-state index is 6.04. The lowest BCUT2D eigenvalue weighted by atomic mass is 9.97. The van der Waals surface area contributed by atoms with E-state index in [2.05, 4.69) is 92.7 Å². The van der Waals surface area contributed by atoms with Gasteiger partial charge >= 0.3 is 0 Å². The molecule has 28 heavy (non-hydrogen) atoms. The van der Waals surface area contributed by atoms with E-state index in [1.54, 1.807) is 0 Å². The maximum Gasteiger partial charge on any atom is 0.136 e. The van der Waals surface area contributed by atoms with Gasteiger partial charge < -0.3 is 4.42 Å². The molecule has 1 aromatic heterocycles. The highest BCUT2D eigenvalue weighted by Crippen LogP contribution is 2.33. The minimum Gasteiger partial charge on any atom is -0.456 e. The number of benzene rings is 4. The highest BCUT2D eigenvalue weighted by molar-refractivity contribution is 6.05. The van der Waals surface area contributed by atoms with Gasteiger partial charge in [-0.25, -0.2) is 0 Å². The lowest BCUT2D eigenvalue weighted by molar-refractivity contribution is 0.669. The van der Waals surface area contributed by atoms with Gasteiger partial charge in [-0.3, -0.25) is 0 Å². The van der Waals surface area contributed by atoms with E-state index in [4.69, 9.17) is 4.42 Å². The molecule has 4 aromatic carbocycles. The SMILES string of the molecule is CC(C)c1ccc(-c2ccc(-c3ccc4c(c3)oc3ccccc34)cc2)cc1. The molecule has 0 spiro atoms. The second-order valence-corrected chi connectivity index (χ2v) is 7.66. The molecule has 136 valence electrons. The Balaban J connectivity index is 1.49. The maximum absolute atomic E-state index is 6.04. The van der Waals surface area contributed by atoms with Crippen molar-refractivity contribution >= 4 is 21.9 Å². The number of hydrogen-bond acceptors (Lipinski definition) is 1. The van der Waals surface area contributed by atoms with Gasteiger partial charge in [-0.15, -0.1) is 0 Å². The molecule has 1 nitrogen and oxygen atoms in total. The van der Waals surface area contributed by atoms with Crippen molar-refractivity contribution in [2.75, 3.05) is 0 Å². The number of para-hydroxylation sites is 1. The third kappa shape index (κ3) is 2.90. The van der Waals surface area contributed by atoms with E-state index < -0.39 is 0 Å². The minimum absolute atomic E-state index is 0.560. The standard InChI is InChI=1S/C27H22O/c1-18(2)19-7-9-20(10-8-19)21-11-13-22(14-12-21)23-15-16-25-24-5-3-4-6-26(24)28-27(25)17-23/h3-18H,1-2H3. The Labute approximate surface area is 165 Å². The summed E-state index contributed by atoms with van der Waals surface area (Å²) in [6.45, 7) is 4.45. The molecular weight excluding hydrogens is 340 g/mol. The Morgan fingerprint density at radius 2 is 1.07 bits per heavy atom. The Morgan fingerprint density at radius 3 is 1.75 bits per heavy atom. The zero-order chi connectivity index (χ0) is 19.1. The summed E-state index contributed by atoms with van der Waals surface area (Å²) in [5, 5.41) is 2.34. The van der Waals surface area contributed by atoms with Crippen LogP contribution in [0.4, 0.5) is 0 Å². The first kappa shape index (κ1) is 16.8. The fourth-order valence-corrected chi connectivity index (χ4v) is 3.82. The van der Waals surface area contributed by atoms with Gasteiger partial charge in [0.15, 0.2) is 0 Å². The largest absolute Gasteiger partial charge is 0.456 e. The van der Waals surface area contributed by atoms with Crippen LogP contribution < -0.4 is 0 Å². The molecule has 0 bridgehead atoms. The van der Waals surface area contributed by atoms with Crippen molar-refractivity contribution in [3.05, 3.63) is 96.6 Å². The predicted molar refractivity (Wildman–Crippen MR) is 119 cm³/mol. The van der Waals surface area contributed by atoms with Gasteiger partial charge in [0.25, 0.3) is 0 Å². The summed E-state index contributed by atoms with van der Waals surface area (Å²) in [5.41, 5.74) is 8.12. The average molecular weight is 362 g/mol. The van der Waals surface area contributed by atoms with Gasteiger partial charge in [-0.05, 0) is 51.9 Å². The first-order valence-electron chi connectivity index (χ1n) is 9.81. The first-order valence-corrected chi connectivity index (χ1v) is 9.81. The second kappa shape index (κ2) is 6.69. The van der Waals surface area contributed by atoms with Crippen LogP contribution in [0.3, 0.4) is 0 Å². The molecular formula is C27H22O. The summed E-state index contributed by atoms with van der Waals surface area (Å²) < 4.78 is 6.04. The molecule has 0 amide bonds. The highest BCUT2D eigenvalue weighted by Gasteiger charge is 2.08. The van der Waals surface area contributed by atoms with Crippen LogP contribution in [0, 0.1) is 0 Å². The zero-order valence-corrected chi connectivity index (χ0v) is 16.1. The minimum atomic E-state index is 0.560. The summed E-state index contributed by atoms with van der Waals surface area (Å²) in [6.07, 6.45) is 0. The van der Waals surface area contributed by atoms with E-state index in [9.17, 15) is 0 Å². The predicted octanol–water partition coefficient (Wildman–Crippen LogP) is 8.04. The lowest BCUT2D eigenvalue weighted by Gasteiger charge is -2.08. The van der Waals surface area contributed by atoms with Crippen molar-refractivity contribution in [1.29, 1.82) is 0 Å². The van der Waals surface area contributed by atoms with Crippen LogP contribution in [0.5, 0.6) is 0 Å². The van der Waals surface area contributed by atoms with Crippen molar-refractivity contribution in [1.82, 2.24) is 0 Å². The van der Waals surface area contributed by atoms with E-state index in [-0.39, 0.29) is 0 Å². The molecule has 5 rings (SSSR count). The van der Waals surface area contributed by atoms with E-state index >= 15 is 0 Å². The van der Waals surface area contributed by atoms with Crippen molar-refractivity contribution in [2.24, 2.45) is 0 Å². The average Bonchev–Trinajstić information content (AvgIpc) is 3.12. The first-order chi connectivity index (χ1) is 13.7. The van der Waals surface area contributed by atoms with Gasteiger partial charge in [-0.1, -0.05) is 86.6 Å². The number of rotatable bonds is 3. The van der Waals surface area contributed by atoms with Crippen molar-refractivity contribution in [3.63, 3.8) is 0 Å². The summed E-state index contributed by atoms with van der Waals surface area (Å²) in [6, 6.07) is 32.3. The molecule has 1 heterocycles. The van der Waals surface area contributed by atoms with Crippen LogP contribution >= 0.6 is 0 Å². The molecule has 0 aliphatic rings. The van der Waals surface area contributed by atoms with Crippen molar-refractivity contribution in [2.45, 2.75) is 19.8 Å². The van der Waals surface area contributed by atoms with Crippen molar-refractivity contribution < 1.29 is 4.42 Å². The van der Waals surface area contributed by atoms with Crippen LogP contribution in [0.25, 0.3) is 44.2 Å². The van der Waals surface area contributed by atoms with Crippen LogP contribution in [0.15, 0.2) is 95.4 Å². The quantitative estimate of drug-likeness (QED) is 0.316. The summed E-state index contributed by atoms with van der Waals surface area (Å²) >= 11 is 0. The Kier molecular flexibility index (Phi) is 4.02. The molecule has 0 saturated carbocycles. The third-order valence-corrected chi connectivity index (χ3v) is 5.51. The third-order valence-electron chi connectivity index (χ3n) is 5.51. The van der Waals surface area contributed by atoms with Crippen LogP contribution in [-0.4, -0.2) is 0 Å². The molecule has 5 aromatic rings. The molecule has 0 fully saturated rings. The Bertz CT molecular complexity index is 1260. The highest BCUT2D eigenvalue weighted by atomic mass is 16.3. The van der Waals surface area contributed by atoms with E-state index in [0.29, 0.717) is 5.92 Å².